The van der Waals surface area contributed by atoms with Crippen LogP contribution in [0.4, 0.5) is 5.69 Å². The molecule has 0 saturated heterocycles. The smallest absolute Gasteiger partial charge is 0.259 e. The SMILES string of the molecule is COc1cccc(/C=N/NC(=O)CNc2c(Br)cc(C)cc2Br)c1. The molecular formula is C17H17Br2N3O2. The molecule has 0 aliphatic carbocycles. The molecule has 0 aliphatic rings. The van der Waals surface area contributed by atoms with E-state index in [1.807, 2.05) is 43.3 Å². The molecule has 24 heavy (non-hydrogen) atoms. The zero-order valence-electron chi connectivity index (χ0n) is 13.3. The summed E-state index contributed by atoms with van der Waals surface area (Å²) in [6.45, 7) is 2.11. The number of nitrogens with one attached hydrogen (secondary N) is 2. The van der Waals surface area contributed by atoms with Crippen LogP contribution in [0.2, 0.25) is 0 Å². The van der Waals surface area contributed by atoms with Gasteiger partial charge in [-0.25, -0.2) is 5.43 Å². The standard InChI is InChI=1S/C17H17Br2N3O2/c1-11-6-14(18)17(15(19)7-11)20-10-16(23)22-21-9-12-4-3-5-13(8-12)24-2/h3-9,20H,10H2,1-2H3,(H,22,23)/b21-9+. The van der Waals surface area contributed by atoms with Gasteiger partial charge in [0.1, 0.15) is 5.75 Å². The Bertz CT molecular complexity index is 740. The Balaban J connectivity index is 1.89. The van der Waals surface area contributed by atoms with E-state index in [1.165, 1.54) is 0 Å². The van der Waals surface area contributed by atoms with Crippen LogP contribution in [0.25, 0.3) is 0 Å². The molecule has 2 aromatic rings. The maximum absolute atomic E-state index is 11.9. The second-order valence-electron chi connectivity index (χ2n) is 5.03. The first-order valence-corrected chi connectivity index (χ1v) is 8.73. The first kappa shape index (κ1) is 18.5. The molecule has 0 fully saturated rings. The fourth-order valence-electron chi connectivity index (χ4n) is 1.98. The first-order chi connectivity index (χ1) is 11.5. The molecule has 0 radical (unpaired) electrons. The van der Waals surface area contributed by atoms with E-state index in [0.29, 0.717) is 0 Å². The number of aryl methyl sites for hydroxylation is 1. The summed E-state index contributed by atoms with van der Waals surface area (Å²) >= 11 is 6.96. The molecule has 5 nitrogen and oxygen atoms in total. The van der Waals surface area contributed by atoms with Crippen molar-refractivity contribution in [2.24, 2.45) is 5.10 Å². The van der Waals surface area contributed by atoms with Crippen LogP contribution in [-0.2, 0) is 4.79 Å². The number of nitrogens with zero attached hydrogens (tertiary/aromatic N) is 1. The molecular weight excluding hydrogens is 438 g/mol. The van der Waals surface area contributed by atoms with Gasteiger partial charge in [0, 0.05) is 8.95 Å². The molecule has 0 spiro atoms. The van der Waals surface area contributed by atoms with E-state index < -0.39 is 0 Å². The van der Waals surface area contributed by atoms with Crippen molar-refractivity contribution in [2.75, 3.05) is 19.0 Å². The number of rotatable bonds is 6. The highest BCUT2D eigenvalue weighted by molar-refractivity contribution is 9.11. The number of carbonyl (C=O) groups excluding carboxylic acids is 1. The van der Waals surface area contributed by atoms with Gasteiger partial charge in [-0.3, -0.25) is 4.79 Å². The average molecular weight is 455 g/mol. The number of benzene rings is 2. The fourth-order valence-corrected chi connectivity index (χ4v) is 3.67. The molecule has 126 valence electrons. The molecule has 2 rings (SSSR count). The average Bonchev–Trinajstić information content (AvgIpc) is 2.54. The van der Waals surface area contributed by atoms with Gasteiger partial charge in [0.25, 0.3) is 5.91 Å². The van der Waals surface area contributed by atoms with E-state index in [9.17, 15) is 4.79 Å². The van der Waals surface area contributed by atoms with Crippen LogP contribution in [0.3, 0.4) is 0 Å². The van der Waals surface area contributed by atoms with Gasteiger partial charge in [-0.2, -0.15) is 5.10 Å². The Labute approximate surface area is 157 Å². The van der Waals surface area contributed by atoms with Crippen molar-refractivity contribution in [3.63, 3.8) is 0 Å². The van der Waals surface area contributed by atoms with Crippen LogP contribution in [0.1, 0.15) is 11.1 Å². The topological polar surface area (TPSA) is 62.7 Å². The molecule has 0 bridgehead atoms. The van der Waals surface area contributed by atoms with Crippen LogP contribution in [-0.4, -0.2) is 25.8 Å². The number of amides is 1. The predicted molar refractivity (Wildman–Crippen MR) is 104 cm³/mol. The van der Waals surface area contributed by atoms with E-state index in [2.05, 4.69) is 47.7 Å². The molecule has 0 aliphatic heterocycles. The minimum absolute atomic E-state index is 0.107. The van der Waals surface area contributed by atoms with Crippen LogP contribution in [0, 0.1) is 6.92 Å². The van der Waals surface area contributed by atoms with Gasteiger partial charge in [0.15, 0.2) is 0 Å². The number of hydrogen-bond acceptors (Lipinski definition) is 4. The van der Waals surface area contributed by atoms with Crippen molar-refractivity contribution in [1.29, 1.82) is 0 Å². The number of methoxy groups -OCH3 is 1. The quantitative estimate of drug-likeness (QED) is 0.510. The van der Waals surface area contributed by atoms with Crippen LogP contribution >= 0.6 is 31.9 Å². The van der Waals surface area contributed by atoms with Crippen molar-refractivity contribution in [3.8, 4) is 5.75 Å². The van der Waals surface area contributed by atoms with Gasteiger partial charge < -0.3 is 10.1 Å². The Morgan fingerprint density at radius 2 is 1.96 bits per heavy atom. The van der Waals surface area contributed by atoms with E-state index in [1.54, 1.807) is 13.3 Å². The van der Waals surface area contributed by atoms with Crippen molar-refractivity contribution >= 4 is 49.7 Å². The van der Waals surface area contributed by atoms with Gasteiger partial charge in [-0.05, 0) is 74.2 Å². The lowest BCUT2D eigenvalue weighted by Gasteiger charge is -2.11. The number of ether oxygens (including phenoxy) is 1. The summed E-state index contributed by atoms with van der Waals surface area (Å²) in [4.78, 5) is 11.9. The third-order valence-corrected chi connectivity index (χ3v) is 4.36. The van der Waals surface area contributed by atoms with Crippen LogP contribution in [0.15, 0.2) is 50.4 Å². The summed E-state index contributed by atoms with van der Waals surface area (Å²) in [5.41, 5.74) is 5.27. The lowest BCUT2D eigenvalue weighted by atomic mass is 10.2. The van der Waals surface area contributed by atoms with Gasteiger partial charge in [-0.15, -0.1) is 0 Å². The zero-order valence-corrected chi connectivity index (χ0v) is 16.4. The van der Waals surface area contributed by atoms with Gasteiger partial charge in [0.05, 0.1) is 25.6 Å². The highest BCUT2D eigenvalue weighted by atomic mass is 79.9. The number of hydrogen-bond donors (Lipinski definition) is 2. The predicted octanol–water partition coefficient (Wildman–Crippen LogP) is 4.09. The van der Waals surface area contributed by atoms with Crippen molar-refractivity contribution in [3.05, 3.63) is 56.5 Å². The Morgan fingerprint density at radius 1 is 1.25 bits per heavy atom. The maximum atomic E-state index is 11.9. The van der Waals surface area contributed by atoms with Crippen molar-refractivity contribution in [1.82, 2.24) is 5.43 Å². The molecule has 2 N–H and O–H groups in total. The van der Waals surface area contributed by atoms with E-state index in [0.717, 1.165) is 31.5 Å². The summed E-state index contributed by atoms with van der Waals surface area (Å²) in [5.74, 6) is 0.495. The van der Waals surface area contributed by atoms with Gasteiger partial charge >= 0.3 is 0 Å². The number of halogens is 2. The lowest BCUT2D eigenvalue weighted by molar-refractivity contribution is -0.119. The van der Waals surface area contributed by atoms with Crippen molar-refractivity contribution < 1.29 is 9.53 Å². The Hall–Kier alpha value is -1.86. The fraction of sp³-hybridized carbons (Fsp3) is 0.176. The molecule has 0 saturated carbocycles. The minimum Gasteiger partial charge on any atom is -0.497 e. The molecule has 0 aromatic heterocycles. The van der Waals surface area contributed by atoms with E-state index >= 15 is 0 Å². The largest absolute Gasteiger partial charge is 0.497 e. The van der Waals surface area contributed by atoms with Gasteiger partial charge in [0.2, 0.25) is 0 Å². The minimum atomic E-state index is -0.242. The summed E-state index contributed by atoms with van der Waals surface area (Å²) < 4.78 is 6.91. The lowest BCUT2D eigenvalue weighted by Crippen LogP contribution is -2.26. The highest BCUT2D eigenvalue weighted by Gasteiger charge is 2.07. The Morgan fingerprint density at radius 3 is 2.62 bits per heavy atom. The molecule has 0 atom stereocenters. The first-order valence-electron chi connectivity index (χ1n) is 7.15. The van der Waals surface area contributed by atoms with Crippen LogP contribution < -0.4 is 15.5 Å². The second kappa shape index (κ2) is 8.84. The molecule has 0 unspecified atom stereocenters. The Kier molecular flexibility index (Phi) is 6.81. The summed E-state index contributed by atoms with van der Waals surface area (Å²) in [5, 5.41) is 7.02. The summed E-state index contributed by atoms with van der Waals surface area (Å²) in [6.07, 6.45) is 1.57. The zero-order chi connectivity index (χ0) is 17.5. The number of anilines is 1. The highest BCUT2D eigenvalue weighted by Crippen LogP contribution is 2.32. The third kappa shape index (κ3) is 5.35. The number of carbonyl (C=O) groups is 1. The van der Waals surface area contributed by atoms with Gasteiger partial charge in [-0.1, -0.05) is 12.1 Å². The monoisotopic (exact) mass is 453 g/mol. The third-order valence-electron chi connectivity index (χ3n) is 3.11. The van der Waals surface area contributed by atoms with Crippen molar-refractivity contribution in [2.45, 2.75) is 6.92 Å². The van der Waals surface area contributed by atoms with E-state index in [-0.39, 0.29) is 12.5 Å². The van der Waals surface area contributed by atoms with Crippen LogP contribution in [0.5, 0.6) is 5.75 Å². The molecule has 1 amide bonds. The normalized spacial score (nSPS) is 10.7. The molecule has 7 heteroatoms. The number of hydrazone groups is 1. The summed E-state index contributed by atoms with van der Waals surface area (Å²) in [6, 6.07) is 11.4. The maximum Gasteiger partial charge on any atom is 0.259 e. The summed E-state index contributed by atoms with van der Waals surface area (Å²) in [7, 11) is 1.60. The van der Waals surface area contributed by atoms with E-state index in [4.69, 9.17) is 4.74 Å². The second-order valence-corrected chi connectivity index (χ2v) is 6.74. The molecule has 2 aromatic carbocycles. The molecule has 0 heterocycles.